The maximum Gasteiger partial charge on any atom is 0.411 e. The fourth-order valence-electron chi connectivity index (χ4n) is 3.04. The number of imidazole rings is 1. The number of ether oxygens (including phenoxy) is 1. The third-order valence-electron chi connectivity index (χ3n) is 4.22. The molecule has 1 amide bonds. The molecular formula is C17H21ClN4O4S. The van der Waals surface area contributed by atoms with Crippen LogP contribution in [0.25, 0.3) is 11.0 Å². The van der Waals surface area contributed by atoms with Crippen LogP contribution in [0.4, 0.5) is 10.5 Å². The summed E-state index contributed by atoms with van der Waals surface area (Å²) in [6, 6.07) is 2.53. The highest BCUT2D eigenvalue weighted by molar-refractivity contribution is 7.71. The van der Waals surface area contributed by atoms with Gasteiger partial charge in [0.05, 0.1) is 21.7 Å². The van der Waals surface area contributed by atoms with Gasteiger partial charge in [-0.05, 0) is 45.1 Å². The molecule has 1 fully saturated rings. The fraction of sp³-hybridized carbons (Fsp3) is 0.471. The molecule has 1 saturated heterocycles. The van der Waals surface area contributed by atoms with E-state index in [2.05, 4.69) is 9.97 Å². The number of aliphatic carboxylic acids is 1. The van der Waals surface area contributed by atoms with E-state index in [1.807, 2.05) is 11.0 Å². The zero-order valence-corrected chi connectivity index (χ0v) is 16.8. The number of H-pyrrole nitrogens is 2. The van der Waals surface area contributed by atoms with E-state index in [1.165, 1.54) is 4.90 Å². The van der Waals surface area contributed by atoms with Crippen molar-refractivity contribution in [1.29, 1.82) is 0 Å². The van der Waals surface area contributed by atoms with Gasteiger partial charge in [0.1, 0.15) is 11.6 Å². The highest BCUT2D eigenvalue weighted by Crippen LogP contribution is 2.31. The standard InChI is InChI=1S/C17H21ClN4O4S/c1-17(2,3)26-16(25)22-5-4-21(8-13(22)14(23)24)12-7-11-10(6-9(12)18)19-15(27)20-11/h6-7,13H,4-5,8H2,1-3H3,(H,23,24)(H2,19,20,27). The Morgan fingerprint density at radius 2 is 1.89 bits per heavy atom. The van der Waals surface area contributed by atoms with Crippen molar-refractivity contribution in [2.45, 2.75) is 32.4 Å². The van der Waals surface area contributed by atoms with Crippen LogP contribution < -0.4 is 4.90 Å². The number of anilines is 1. The molecule has 3 N–H and O–H groups in total. The first-order chi connectivity index (χ1) is 12.5. The van der Waals surface area contributed by atoms with Crippen molar-refractivity contribution in [1.82, 2.24) is 14.9 Å². The van der Waals surface area contributed by atoms with Crippen molar-refractivity contribution >= 4 is 52.6 Å². The molecule has 2 aromatic rings. The van der Waals surface area contributed by atoms with E-state index in [4.69, 9.17) is 28.6 Å². The topological polar surface area (TPSA) is 102 Å². The molecule has 0 spiro atoms. The second-order valence-corrected chi connectivity index (χ2v) is 8.22. The van der Waals surface area contributed by atoms with Crippen molar-refractivity contribution in [3.63, 3.8) is 0 Å². The van der Waals surface area contributed by atoms with Crippen LogP contribution in [0.15, 0.2) is 12.1 Å². The molecule has 0 bridgehead atoms. The first-order valence-electron chi connectivity index (χ1n) is 8.44. The summed E-state index contributed by atoms with van der Waals surface area (Å²) in [4.78, 5) is 33.3. The number of halogens is 1. The Kier molecular flexibility index (Phi) is 5.09. The van der Waals surface area contributed by atoms with Crippen LogP contribution in [0.1, 0.15) is 20.8 Å². The van der Waals surface area contributed by atoms with Crippen LogP contribution in [-0.2, 0) is 9.53 Å². The van der Waals surface area contributed by atoms with Gasteiger partial charge in [-0.25, -0.2) is 9.59 Å². The summed E-state index contributed by atoms with van der Waals surface area (Å²) in [7, 11) is 0. The van der Waals surface area contributed by atoms with E-state index >= 15 is 0 Å². The van der Waals surface area contributed by atoms with Crippen molar-refractivity contribution in [3.05, 3.63) is 21.9 Å². The number of nitrogens with one attached hydrogen (secondary N) is 2. The van der Waals surface area contributed by atoms with Gasteiger partial charge in [-0.1, -0.05) is 11.6 Å². The Hall–Kier alpha value is -2.26. The van der Waals surface area contributed by atoms with E-state index in [0.29, 0.717) is 22.0 Å². The fourth-order valence-corrected chi connectivity index (χ4v) is 3.54. The molecule has 27 heavy (non-hydrogen) atoms. The Labute approximate surface area is 166 Å². The molecule has 10 heteroatoms. The Morgan fingerprint density at radius 3 is 2.48 bits per heavy atom. The minimum absolute atomic E-state index is 0.102. The smallest absolute Gasteiger partial charge is 0.411 e. The lowest BCUT2D eigenvalue weighted by Gasteiger charge is -2.40. The molecule has 1 aromatic heterocycles. The number of fused-ring (bicyclic) bond motifs is 1. The number of carbonyl (C=O) groups is 2. The van der Waals surface area contributed by atoms with Gasteiger partial charge in [0.2, 0.25) is 0 Å². The van der Waals surface area contributed by atoms with Crippen molar-refractivity contribution in [3.8, 4) is 0 Å². The lowest BCUT2D eigenvalue weighted by molar-refractivity contribution is -0.143. The predicted molar refractivity (Wildman–Crippen MR) is 105 cm³/mol. The van der Waals surface area contributed by atoms with Crippen LogP contribution in [-0.4, -0.2) is 63.3 Å². The van der Waals surface area contributed by atoms with Gasteiger partial charge in [0, 0.05) is 19.6 Å². The summed E-state index contributed by atoms with van der Waals surface area (Å²) >= 11 is 11.5. The number of nitrogens with zero attached hydrogens (tertiary/aromatic N) is 2. The summed E-state index contributed by atoms with van der Waals surface area (Å²) in [5.41, 5.74) is 1.54. The minimum atomic E-state index is -1.09. The molecule has 8 nitrogen and oxygen atoms in total. The maximum absolute atomic E-state index is 12.4. The quantitative estimate of drug-likeness (QED) is 0.653. The highest BCUT2D eigenvalue weighted by Gasteiger charge is 2.38. The molecule has 1 aliphatic heterocycles. The van der Waals surface area contributed by atoms with Crippen molar-refractivity contribution < 1.29 is 19.4 Å². The van der Waals surface area contributed by atoms with Gasteiger partial charge in [0.25, 0.3) is 0 Å². The second-order valence-electron chi connectivity index (χ2n) is 7.40. The number of carbonyl (C=O) groups excluding carboxylic acids is 1. The molecule has 1 aliphatic rings. The number of aromatic nitrogens is 2. The summed E-state index contributed by atoms with van der Waals surface area (Å²) in [6.07, 6.45) is -0.634. The minimum Gasteiger partial charge on any atom is -0.480 e. The Morgan fingerprint density at radius 1 is 1.26 bits per heavy atom. The van der Waals surface area contributed by atoms with E-state index in [9.17, 15) is 14.7 Å². The summed E-state index contributed by atoms with van der Waals surface area (Å²) < 4.78 is 5.82. The van der Waals surface area contributed by atoms with Crippen molar-refractivity contribution in [2.24, 2.45) is 0 Å². The predicted octanol–water partition coefficient (Wildman–Crippen LogP) is 3.39. The molecule has 1 aromatic carbocycles. The highest BCUT2D eigenvalue weighted by atomic mass is 35.5. The molecule has 1 unspecified atom stereocenters. The van der Waals surface area contributed by atoms with Crippen LogP contribution in [0, 0.1) is 4.77 Å². The van der Waals surface area contributed by atoms with Crippen molar-refractivity contribution in [2.75, 3.05) is 24.5 Å². The number of amides is 1. The van der Waals surface area contributed by atoms with Crippen LogP contribution >= 0.6 is 23.8 Å². The van der Waals surface area contributed by atoms with Gasteiger partial charge in [-0.2, -0.15) is 0 Å². The number of carboxylic acid groups (broad SMARTS) is 1. The first-order valence-corrected chi connectivity index (χ1v) is 9.23. The van der Waals surface area contributed by atoms with Crippen LogP contribution in [0.5, 0.6) is 0 Å². The average molecular weight is 413 g/mol. The normalized spacial score (nSPS) is 18.0. The van der Waals surface area contributed by atoms with Gasteiger partial charge in [0.15, 0.2) is 4.77 Å². The van der Waals surface area contributed by atoms with E-state index in [1.54, 1.807) is 26.8 Å². The number of piperazine rings is 1. The Balaban J connectivity index is 1.86. The molecule has 0 saturated carbocycles. The molecule has 2 heterocycles. The molecule has 0 aliphatic carbocycles. The maximum atomic E-state index is 12.4. The van der Waals surface area contributed by atoms with E-state index in [0.717, 1.165) is 11.0 Å². The van der Waals surface area contributed by atoms with Crippen LogP contribution in [0.3, 0.4) is 0 Å². The lowest BCUT2D eigenvalue weighted by atomic mass is 10.1. The molecule has 0 radical (unpaired) electrons. The average Bonchev–Trinajstić information content (AvgIpc) is 2.90. The third-order valence-corrected chi connectivity index (χ3v) is 4.72. The monoisotopic (exact) mass is 412 g/mol. The molecule has 146 valence electrons. The molecule has 3 rings (SSSR count). The largest absolute Gasteiger partial charge is 0.480 e. The number of hydrogen-bond donors (Lipinski definition) is 3. The Bertz CT molecular complexity index is 949. The first kappa shape index (κ1) is 19.5. The van der Waals surface area contributed by atoms with E-state index < -0.39 is 23.7 Å². The summed E-state index contributed by atoms with van der Waals surface area (Å²) in [6.45, 7) is 5.97. The number of rotatable bonds is 2. The van der Waals surface area contributed by atoms with Gasteiger partial charge in [-0.3, -0.25) is 4.90 Å². The van der Waals surface area contributed by atoms with Crippen LogP contribution in [0.2, 0.25) is 5.02 Å². The zero-order chi connectivity index (χ0) is 19.9. The summed E-state index contributed by atoms with van der Waals surface area (Å²) in [5, 5.41) is 10.1. The van der Waals surface area contributed by atoms with E-state index in [-0.39, 0.29) is 13.1 Å². The van der Waals surface area contributed by atoms with Gasteiger partial charge >= 0.3 is 12.1 Å². The number of hydrogen-bond acceptors (Lipinski definition) is 5. The number of benzene rings is 1. The second kappa shape index (κ2) is 7.05. The molecule has 1 atom stereocenters. The SMILES string of the molecule is CC(C)(C)OC(=O)N1CCN(c2cc3[nH]c(=S)[nH]c3cc2Cl)CC1C(=O)O. The number of carboxylic acids is 1. The van der Waals surface area contributed by atoms with Gasteiger partial charge < -0.3 is 24.7 Å². The summed E-state index contributed by atoms with van der Waals surface area (Å²) in [5.74, 6) is -1.09. The lowest BCUT2D eigenvalue weighted by Crippen LogP contribution is -2.59. The third kappa shape index (κ3) is 4.19. The molecular weight excluding hydrogens is 392 g/mol. The number of aromatic amines is 2. The van der Waals surface area contributed by atoms with Gasteiger partial charge in [-0.15, -0.1) is 0 Å². The zero-order valence-electron chi connectivity index (χ0n) is 15.2.